The highest BCUT2D eigenvalue weighted by Crippen LogP contribution is 2.31. The van der Waals surface area contributed by atoms with Gasteiger partial charge in [-0.2, -0.15) is 0 Å². The molecule has 0 atom stereocenters. The minimum atomic E-state index is 0.340. The van der Waals surface area contributed by atoms with E-state index in [4.69, 9.17) is 0 Å². The van der Waals surface area contributed by atoms with E-state index in [1.807, 2.05) is 11.8 Å². The Kier molecular flexibility index (Phi) is 3.34. The first-order valence-electron chi connectivity index (χ1n) is 3.32. The zero-order valence-electron chi connectivity index (χ0n) is 6.82. The number of allylic oxidation sites excluding steroid dienone is 1. The lowest BCUT2D eigenvalue weighted by molar-refractivity contribution is 0.805. The largest absolute Gasteiger partial charge is 0.125 e. The molecule has 0 aromatic rings. The summed E-state index contributed by atoms with van der Waals surface area (Å²) in [7, 11) is 0. The van der Waals surface area contributed by atoms with Crippen LogP contribution in [-0.4, -0.2) is 4.75 Å². The molecule has 0 nitrogen and oxygen atoms in total. The van der Waals surface area contributed by atoms with Crippen LogP contribution in [0.5, 0.6) is 0 Å². The van der Waals surface area contributed by atoms with Gasteiger partial charge < -0.3 is 0 Å². The predicted molar refractivity (Wildman–Crippen MR) is 46.8 cm³/mol. The van der Waals surface area contributed by atoms with Crippen LogP contribution >= 0.6 is 11.8 Å². The summed E-state index contributed by atoms with van der Waals surface area (Å²) in [5.41, 5.74) is 0. The van der Waals surface area contributed by atoms with Gasteiger partial charge in [0.1, 0.15) is 0 Å². The molecule has 0 aromatic heterocycles. The smallest absolute Gasteiger partial charge is 0.0119 e. The average molecular weight is 144 g/mol. The molecule has 54 valence electrons. The molecule has 0 N–H and O–H groups in total. The molecule has 0 rings (SSSR count). The molecule has 0 aliphatic heterocycles. The SMILES string of the molecule is C=C(CC)SC(C)(C)C. The number of hydrogen-bond acceptors (Lipinski definition) is 1. The van der Waals surface area contributed by atoms with Gasteiger partial charge in [-0.1, -0.05) is 34.3 Å². The van der Waals surface area contributed by atoms with Gasteiger partial charge >= 0.3 is 0 Å². The molecule has 1 heteroatoms. The van der Waals surface area contributed by atoms with E-state index in [0.29, 0.717) is 4.75 Å². The van der Waals surface area contributed by atoms with Crippen molar-refractivity contribution in [2.45, 2.75) is 38.9 Å². The summed E-state index contributed by atoms with van der Waals surface area (Å²) < 4.78 is 0.340. The van der Waals surface area contributed by atoms with E-state index in [-0.39, 0.29) is 0 Å². The Hall–Kier alpha value is 0.0900. The van der Waals surface area contributed by atoms with Crippen LogP contribution in [0.4, 0.5) is 0 Å². The van der Waals surface area contributed by atoms with Crippen molar-refractivity contribution >= 4 is 11.8 Å². The summed E-state index contributed by atoms with van der Waals surface area (Å²) in [6.07, 6.45) is 1.09. The molecule has 0 unspecified atom stereocenters. The second-order valence-electron chi connectivity index (χ2n) is 3.11. The van der Waals surface area contributed by atoms with Crippen LogP contribution in [0.3, 0.4) is 0 Å². The summed E-state index contributed by atoms with van der Waals surface area (Å²) in [5, 5.41) is 0. The van der Waals surface area contributed by atoms with Gasteiger partial charge in [0.15, 0.2) is 0 Å². The first kappa shape index (κ1) is 9.09. The van der Waals surface area contributed by atoms with Crippen LogP contribution in [0, 0.1) is 0 Å². The third-order valence-electron chi connectivity index (χ3n) is 0.845. The van der Waals surface area contributed by atoms with Crippen LogP contribution < -0.4 is 0 Å². The molecule has 0 spiro atoms. The Bertz CT molecular complexity index is 97.6. The molecule has 0 saturated carbocycles. The van der Waals surface area contributed by atoms with E-state index in [9.17, 15) is 0 Å². The number of thioether (sulfide) groups is 1. The monoisotopic (exact) mass is 144 g/mol. The molecular weight excluding hydrogens is 128 g/mol. The molecule has 0 fully saturated rings. The second kappa shape index (κ2) is 3.31. The highest BCUT2D eigenvalue weighted by molar-refractivity contribution is 8.04. The van der Waals surface area contributed by atoms with E-state index in [1.165, 1.54) is 4.91 Å². The van der Waals surface area contributed by atoms with E-state index >= 15 is 0 Å². The van der Waals surface area contributed by atoms with Crippen molar-refractivity contribution in [2.24, 2.45) is 0 Å². The van der Waals surface area contributed by atoms with Gasteiger partial charge in [-0.25, -0.2) is 0 Å². The van der Waals surface area contributed by atoms with Gasteiger partial charge in [-0.3, -0.25) is 0 Å². The minimum absolute atomic E-state index is 0.340. The van der Waals surface area contributed by atoms with E-state index in [1.54, 1.807) is 0 Å². The Morgan fingerprint density at radius 3 is 2.00 bits per heavy atom. The molecule has 0 radical (unpaired) electrons. The van der Waals surface area contributed by atoms with Crippen molar-refractivity contribution in [1.29, 1.82) is 0 Å². The first-order valence-corrected chi connectivity index (χ1v) is 4.14. The van der Waals surface area contributed by atoms with E-state index < -0.39 is 0 Å². The lowest BCUT2D eigenvalue weighted by Gasteiger charge is -2.17. The van der Waals surface area contributed by atoms with Gasteiger partial charge in [-0.15, -0.1) is 11.8 Å². The van der Waals surface area contributed by atoms with Crippen LogP contribution in [0.15, 0.2) is 11.5 Å². The van der Waals surface area contributed by atoms with E-state index in [0.717, 1.165) is 6.42 Å². The Labute approximate surface area is 62.7 Å². The predicted octanol–water partition coefficient (Wildman–Crippen LogP) is 3.44. The topological polar surface area (TPSA) is 0 Å². The van der Waals surface area contributed by atoms with Crippen molar-refractivity contribution in [2.75, 3.05) is 0 Å². The lowest BCUT2D eigenvalue weighted by Crippen LogP contribution is -2.06. The Morgan fingerprint density at radius 2 is 1.89 bits per heavy atom. The molecule has 0 heterocycles. The Balaban J connectivity index is 3.60. The molecular formula is C8H16S. The summed E-state index contributed by atoms with van der Waals surface area (Å²) in [6.45, 7) is 12.7. The fourth-order valence-corrected chi connectivity index (χ4v) is 1.52. The van der Waals surface area contributed by atoms with E-state index in [2.05, 4.69) is 34.3 Å². The van der Waals surface area contributed by atoms with Gasteiger partial charge in [0.25, 0.3) is 0 Å². The van der Waals surface area contributed by atoms with Crippen molar-refractivity contribution in [3.05, 3.63) is 11.5 Å². The maximum absolute atomic E-state index is 3.92. The van der Waals surface area contributed by atoms with Crippen molar-refractivity contribution in [1.82, 2.24) is 0 Å². The zero-order chi connectivity index (χ0) is 7.49. The highest BCUT2D eigenvalue weighted by Gasteiger charge is 2.10. The van der Waals surface area contributed by atoms with Crippen LogP contribution in [0.2, 0.25) is 0 Å². The third kappa shape index (κ3) is 5.97. The molecule has 0 aliphatic rings. The third-order valence-corrected chi connectivity index (χ3v) is 2.03. The fourth-order valence-electron chi connectivity index (χ4n) is 0.505. The number of rotatable bonds is 2. The quantitative estimate of drug-likeness (QED) is 0.572. The van der Waals surface area contributed by atoms with Crippen molar-refractivity contribution < 1.29 is 0 Å². The minimum Gasteiger partial charge on any atom is -0.125 e. The summed E-state index contributed by atoms with van der Waals surface area (Å²) in [6, 6.07) is 0. The van der Waals surface area contributed by atoms with Gasteiger partial charge in [-0.05, 0) is 11.3 Å². The molecule has 0 aliphatic carbocycles. The van der Waals surface area contributed by atoms with Crippen molar-refractivity contribution in [3.8, 4) is 0 Å². The summed E-state index contributed by atoms with van der Waals surface area (Å²) in [4.78, 5) is 1.28. The lowest BCUT2D eigenvalue weighted by atomic mass is 10.3. The molecule has 0 saturated heterocycles. The summed E-state index contributed by atoms with van der Waals surface area (Å²) >= 11 is 1.86. The van der Waals surface area contributed by atoms with Crippen LogP contribution in [-0.2, 0) is 0 Å². The standard InChI is InChI=1S/C8H16S/c1-6-7(2)9-8(3,4)5/h2,6H2,1,3-5H3. The van der Waals surface area contributed by atoms with Crippen molar-refractivity contribution in [3.63, 3.8) is 0 Å². The van der Waals surface area contributed by atoms with Crippen LogP contribution in [0.25, 0.3) is 0 Å². The fraction of sp³-hybridized carbons (Fsp3) is 0.750. The average Bonchev–Trinajstić information content (AvgIpc) is 1.62. The maximum atomic E-state index is 3.92. The molecule has 0 aromatic carbocycles. The number of hydrogen-bond donors (Lipinski definition) is 0. The van der Waals surface area contributed by atoms with Gasteiger partial charge in [0, 0.05) is 4.75 Å². The first-order chi connectivity index (χ1) is 3.95. The highest BCUT2D eigenvalue weighted by atomic mass is 32.2. The van der Waals surface area contributed by atoms with Crippen LogP contribution in [0.1, 0.15) is 34.1 Å². The second-order valence-corrected chi connectivity index (χ2v) is 5.11. The molecule has 0 bridgehead atoms. The molecule has 9 heavy (non-hydrogen) atoms. The summed E-state index contributed by atoms with van der Waals surface area (Å²) in [5.74, 6) is 0. The van der Waals surface area contributed by atoms with Gasteiger partial charge in [0.05, 0.1) is 0 Å². The van der Waals surface area contributed by atoms with Gasteiger partial charge in [0.2, 0.25) is 0 Å². The normalized spacial score (nSPS) is 11.6. The molecule has 0 amide bonds. The Morgan fingerprint density at radius 1 is 1.44 bits per heavy atom. The zero-order valence-corrected chi connectivity index (χ0v) is 7.64. The maximum Gasteiger partial charge on any atom is 0.0119 e.